The van der Waals surface area contributed by atoms with E-state index >= 15 is 0 Å². The van der Waals surface area contributed by atoms with Gasteiger partial charge in [0.2, 0.25) is 17.7 Å². The second-order valence-corrected chi connectivity index (χ2v) is 19.6. The Hall–Kier alpha value is -5.04. The number of amides is 5. The lowest BCUT2D eigenvalue weighted by Crippen LogP contribution is -2.55. The van der Waals surface area contributed by atoms with Gasteiger partial charge in [-0.05, 0) is 43.1 Å². The van der Waals surface area contributed by atoms with Crippen molar-refractivity contribution in [3.63, 3.8) is 0 Å². The Kier molecular flexibility index (Phi) is 26.1. The molecule has 2 aliphatic rings. The van der Waals surface area contributed by atoms with Crippen LogP contribution in [0.3, 0.4) is 0 Å². The van der Waals surface area contributed by atoms with Crippen LogP contribution in [0.5, 0.6) is 0 Å². The number of ketones is 2. The van der Waals surface area contributed by atoms with E-state index in [9.17, 15) is 33.6 Å². The molecule has 398 valence electrons. The summed E-state index contributed by atoms with van der Waals surface area (Å²) in [6.07, 6.45) is 4.52. The topological polar surface area (TPSA) is 197 Å². The third-order valence-electron chi connectivity index (χ3n) is 13.6. The zero-order chi connectivity index (χ0) is 52.8. The molecule has 3 rings (SSSR count). The maximum atomic E-state index is 14.4. The number of benzene rings is 1. The maximum Gasteiger partial charge on any atom is 0.253 e. The molecule has 1 aromatic carbocycles. The van der Waals surface area contributed by atoms with E-state index < -0.39 is 47.9 Å². The predicted octanol–water partition coefficient (Wildman–Crippen LogP) is 4.04. The highest BCUT2D eigenvalue weighted by molar-refractivity contribution is 6.13. The van der Waals surface area contributed by atoms with Gasteiger partial charge in [-0.2, -0.15) is 0 Å². The van der Waals surface area contributed by atoms with E-state index in [1.54, 1.807) is 26.2 Å². The zero-order valence-corrected chi connectivity index (χ0v) is 44.7. The van der Waals surface area contributed by atoms with Crippen LogP contribution in [0, 0.1) is 23.7 Å². The van der Waals surface area contributed by atoms with Gasteiger partial charge in [0.15, 0.2) is 5.96 Å². The third kappa shape index (κ3) is 18.5. The van der Waals surface area contributed by atoms with E-state index in [1.165, 1.54) is 12.2 Å². The fourth-order valence-corrected chi connectivity index (χ4v) is 9.48. The number of methoxy groups -OCH3 is 2. The summed E-state index contributed by atoms with van der Waals surface area (Å²) in [6.45, 7) is 11.8. The molecule has 18 heteroatoms. The van der Waals surface area contributed by atoms with Crippen LogP contribution >= 0.6 is 0 Å². The molecule has 0 aliphatic carbocycles. The molecule has 2 aliphatic heterocycles. The van der Waals surface area contributed by atoms with Crippen LogP contribution in [0.1, 0.15) is 91.5 Å². The number of nitrogens with zero attached hydrogens (tertiary/aromatic N) is 6. The van der Waals surface area contributed by atoms with Crippen LogP contribution in [0.25, 0.3) is 0 Å². The molecule has 0 unspecified atom stereocenters. The first-order chi connectivity index (χ1) is 33.8. The number of carbonyl (C=O) groups excluding carboxylic acids is 7. The normalized spacial score (nSPS) is 17.6. The van der Waals surface area contributed by atoms with Crippen molar-refractivity contribution in [2.75, 3.05) is 95.5 Å². The molecule has 0 radical (unpaired) electrons. The molecule has 1 aromatic rings. The van der Waals surface area contributed by atoms with E-state index in [0.29, 0.717) is 45.0 Å². The summed E-state index contributed by atoms with van der Waals surface area (Å²) in [4.78, 5) is 106. The van der Waals surface area contributed by atoms with Gasteiger partial charge in [0.1, 0.15) is 17.6 Å². The highest BCUT2D eigenvalue weighted by Gasteiger charge is 2.43. The minimum atomic E-state index is -0.664. The van der Waals surface area contributed by atoms with Crippen molar-refractivity contribution in [3.05, 3.63) is 48.0 Å². The molecule has 0 aromatic heterocycles. The van der Waals surface area contributed by atoms with Gasteiger partial charge in [0.05, 0.1) is 50.5 Å². The monoisotopic (exact) mass is 996 g/mol. The van der Waals surface area contributed by atoms with Crippen molar-refractivity contribution in [1.82, 2.24) is 29.8 Å². The van der Waals surface area contributed by atoms with Gasteiger partial charge in [0.25, 0.3) is 11.8 Å². The smallest absolute Gasteiger partial charge is 0.253 e. The van der Waals surface area contributed by atoms with E-state index in [2.05, 4.69) is 19.2 Å². The van der Waals surface area contributed by atoms with Crippen molar-refractivity contribution in [2.24, 2.45) is 28.7 Å². The number of imide groups is 1. The first-order valence-electron chi connectivity index (χ1n) is 25.4. The van der Waals surface area contributed by atoms with E-state index in [-0.39, 0.29) is 99.2 Å². The van der Waals surface area contributed by atoms with Gasteiger partial charge in [-0.15, -0.1) is 0 Å². The highest BCUT2D eigenvalue weighted by Crippen LogP contribution is 2.31. The average Bonchev–Trinajstić information content (AvgIpc) is 3.95. The van der Waals surface area contributed by atoms with Crippen molar-refractivity contribution < 1.29 is 52.5 Å². The van der Waals surface area contributed by atoms with Crippen LogP contribution in [0.15, 0.2) is 47.5 Å². The molecule has 0 spiro atoms. The number of ether oxygens (including phenoxy) is 4. The zero-order valence-electron chi connectivity index (χ0n) is 44.7. The van der Waals surface area contributed by atoms with E-state index in [1.807, 2.05) is 94.0 Å². The van der Waals surface area contributed by atoms with Crippen LogP contribution in [-0.2, 0) is 58.9 Å². The van der Waals surface area contributed by atoms with Gasteiger partial charge in [0, 0.05) is 119 Å². The second kappa shape index (κ2) is 30.8. The number of Topliss-reactive ketones (excluding diaryl/α,β-unsaturated/α-hetero) is 2. The number of hydrogen-bond acceptors (Lipinski definition) is 12. The van der Waals surface area contributed by atoms with Crippen molar-refractivity contribution in [3.8, 4) is 0 Å². The van der Waals surface area contributed by atoms with Gasteiger partial charge < -0.3 is 43.9 Å². The van der Waals surface area contributed by atoms with Gasteiger partial charge >= 0.3 is 0 Å². The molecule has 1 saturated heterocycles. The van der Waals surface area contributed by atoms with Crippen molar-refractivity contribution >= 4 is 47.1 Å². The number of aliphatic imine (C=N–C) groups is 1. The standard InChI is InChI=1S/C53H85N7O11/c1-13-37(4)49(58(10)52(67)48(36(2)3)55-53(56(6)7)57(8)9)44(68-11)35-47(65)59-27-17-22-42(59)50(69-12)38(5)43(62)34-40(33-39-19-15-14-16-20-39)51(66)54-26-30-71-32-31-70-29-18-21-41(61)25-28-60-45(63)23-24-46(60)64/h14-16,19-20,23-24,36-38,40,42,44,48-50H,13,17-18,21-22,25-35H2,1-12H3,(H,54,66)/t37-,38-,40+,42-,44+,48-,49-,50+/m0/s1. The highest BCUT2D eigenvalue weighted by atomic mass is 16.5. The summed E-state index contributed by atoms with van der Waals surface area (Å²) in [6, 6.07) is 8.09. The molecule has 71 heavy (non-hydrogen) atoms. The van der Waals surface area contributed by atoms with Gasteiger partial charge in [-0.1, -0.05) is 71.4 Å². The Labute approximate surface area is 423 Å². The Balaban J connectivity index is 1.60. The summed E-state index contributed by atoms with van der Waals surface area (Å²) >= 11 is 0. The summed E-state index contributed by atoms with van der Waals surface area (Å²) in [7, 11) is 12.5. The molecule has 18 nitrogen and oxygen atoms in total. The quantitative estimate of drug-likeness (QED) is 0.0471. The second-order valence-electron chi connectivity index (χ2n) is 19.6. The SMILES string of the molecule is CC[C@H](C)[C@@H]([C@@H](CC(=O)N1CCC[C@H]1[C@H](OC)[C@@H](C)C(=O)C[C@@H](Cc1ccccc1)C(=O)NCCOCCOCCCC(=O)CCN1C(=O)C=CC1=O)OC)N(C)C(=O)[C@@H](N=C(N(C)C)N(C)C)C(C)C. The number of likely N-dealkylation sites (N-methyl/N-ethyl adjacent to an activating group) is 1. The number of nitrogens with one attached hydrogen (secondary N) is 1. The Morgan fingerprint density at radius 2 is 1.46 bits per heavy atom. The number of likely N-dealkylation sites (tertiary alicyclic amines) is 1. The van der Waals surface area contributed by atoms with Gasteiger partial charge in [-0.25, -0.2) is 4.99 Å². The third-order valence-corrected chi connectivity index (χ3v) is 13.6. The van der Waals surface area contributed by atoms with Crippen LogP contribution in [0.2, 0.25) is 0 Å². The summed E-state index contributed by atoms with van der Waals surface area (Å²) < 4.78 is 23.4. The number of guanidine groups is 1. The minimum Gasteiger partial charge on any atom is -0.379 e. The summed E-state index contributed by atoms with van der Waals surface area (Å²) in [5.74, 6) is -2.28. The molecule has 1 N–H and O–H groups in total. The number of carbonyl (C=O) groups is 7. The Morgan fingerprint density at radius 3 is 2.04 bits per heavy atom. The minimum absolute atomic E-state index is 0.00464. The first kappa shape index (κ1) is 60.3. The average molecular weight is 996 g/mol. The van der Waals surface area contributed by atoms with Crippen LogP contribution in [-0.4, -0.2) is 197 Å². The summed E-state index contributed by atoms with van der Waals surface area (Å²) in [5.41, 5.74) is 0.920. The van der Waals surface area contributed by atoms with Crippen LogP contribution < -0.4 is 5.32 Å². The lowest BCUT2D eigenvalue weighted by atomic mass is 9.85. The molecule has 0 saturated carbocycles. The van der Waals surface area contributed by atoms with E-state index in [4.69, 9.17) is 23.9 Å². The summed E-state index contributed by atoms with van der Waals surface area (Å²) in [5, 5.41) is 2.94. The van der Waals surface area contributed by atoms with E-state index in [0.717, 1.165) is 23.3 Å². The first-order valence-corrected chi connectivity index (χ1v) is 25.4. The lowest BCUT2D eigenvalue weighted by molar-refractivity contribution is -0.146. The number of hydrogen-bond donors (Lipinski definition) is 1. The fourth-order valence-electron chi connectivity index (χ4n) is 9.48. The lowest BCUT2D eigenvalue weighted by Gasteiger charge is -2.40. The molecule has 2 heterocycles. The Bertz CT molecular complexity index is 1920. The Morgan fingerprint density at radius 1 is 0.831 bits per heavy atom. The maximum absolute atomic E-state index is 14.4. The van der Waals surface area contributed by atoms with Gasteiger partial charge in [-0.3, -0.25) is 38.5 Å². The predicted molar refractivity (Wildman–Crippen MR) is 272 cm³/mol. The molecule has 0 bridgehead atoms. The van der Waals surface area contributed by atoms with Crippen molar-refractivity contribution in [1.29, 1.82) is 0 Å². The fraction of sp³-hybridized carbons (Fsp3) is 0.698. The molecular formula is C53H85N7O11. The molecular weight excluding hydrogens is 911 g/mol. The number of rotatable bonds is 32. The molecule has 8 atom stereocenters. The molecule has 1 fully saturated rings. The van der Waals surface area contributed by atoms with Crippen LogP contribution in [0.4, 0.5) is 0 Å². The largest absolute Gasteiger partial charge is 0.379 e. The molecule has 5 amide bonds. The van der Waals surface area contributed by atoms with Crippen molar-refractivity contribution in [2.45, 2.75) is 123 Å².